The second-order valence-corrected chi connectivity index (χ2v) is 4.86. The van der Waals surface area contributed by atoms with E-state index in [4.69, 9.17) is 17.3 Å². The van der Waals surface area contributed by atoms with E-state index in [0.717, 1.165) is 25.2 Å². The van der Waals surface area contributed by atoms with Crippen molar-refractivity contribution in [3.05, 3.63) is 34.9 Å². The molecule has 1 aromatic heterocycles. The molecule has 5 heteroatoms. The summed E-state index contributed by atoms with van der Waals surface area (Å²) in [6, 6.07) is 4.35. The highest BCUT2D eigenvalue weighted by molar-refractivity contribution is 6.30. The SMILES string of the molecule is CCCn1c(CC)nc(-c2cc(F)cc(Cl)c2)c1N. The number of hydrogen-bond acceptors (Lipinski definition) is 2. The molecule has 2 N–H and O–H groups in total. The van der Waals surface area contributed by atoms with Crippen molar-refractivity contribution in [3.8, 4) is 11.3 Å². The minimum absolute atomic E-state index is 0.345. The maximum Gasteiger partial charge on any atom is 0.131 e. The van der Waals surface area contributed by atoms with Crippen molar-refractivity contribution in [1.29, 1.82) is 0 Å². The standard InChI is InChI=1S/C14H17ClFN3/c1-3-5-19-12(4-2)18-13(14(19)17)9-6-10(15)8-11(16)7-9/h6-8H,3-5,17H2,1-2H3. The number of benzene rings is 1. The Balaban J connectivity index is 2.56. The zero-order chi connectivity index (χ0) is 14.0. The maximum atomic E-state index is 13.4. The molecular formula is C14H17ClFN3. The van der Waals surface area contributed by atoms with Crippen LogP contribution in [-0.4, -0.2) is 9.55 Å². The quantitative estimate of drug-likeness (QED) is 0.924. The van der Waals surface area contributed by atoms with E-state index in [1.807, 2.05) is 11.5 Å². The fraction of sp³-hybridized carbons (Fsp3) is 0.357. The average molecular weight is 282 g/mol. The molecule has 1 heterocycles. The first-order chi connectivity index (χ1) is 9.06. The van der Waals surface area contributed by atoms with E-state index < -0.39 is 0 Å². The first-order valence-electron chi connectivity index (χ1n) is 6.38. The van der Waals surface area contributed by atoms with Gasteiger partial charge in [-0.2, -0.15) is 0 Å². The molecule has 2 rings (SSSR count). The second kappa shape index (κ2) is 5.61. The summed E-state index contributed by atoms with van der Waals surface area (Å²) in [5.41, 5.74) is 7.35. The number of halogens is 2. The lowest BCUT2D eigenvalue weighted by Crippen LogP contribution is -2.06. The Hall–Kier alpha value is -1.55. The van der Waals surface area contributed by atoms with Crippen molar-refractivity contribution >= 4 is 17.4 Å². The molecule has 2 aromatic rings. The van der Waals surface area contributed by atoms with E-state index in [0.29, 0.717) is 22.1 Å². The Labute approximate surface area is 117 Å². The molecule has 0 aliphatic heterocycles. The summed E-state index contributed by atoms with van der Waals surface area (Å²) in [5.74, 6) is 1.10. The smallest absolute Gasteiger partial charge is 0.131 e. The zero-order valence-corrected chi connectivity index (χ0v) is 11.8. The van der Waals surface area contributed by atoms with E-state index in [1.54, 1.807) is 6.07 Å². The van der Waals surface area contributed by atoms with Gasteiger partial charge in [0.25, 0.3) is 0 Å². The third kappa shape index (κ3) is 2.73. The Kier molecular flexibility index (Phi) is 4.10. The Morgan fingerprint density at radius 1 is 1.32 bits per heavy atom. The summed E-state index contributed by atoms with van der Waals surface area (Å²) >= 11 is 5.88. The first-order valence-corrected chi connectivity index (χ1v) is 6.76. The van der Waals surface area contributed by atoms with Crippen molar-refractivity contribution in [2.24, 2.45) is 0 Å². The van der Waals surface area contributed by atoms with Gasteiger partial charge in [0.2, 0.25) is 0 Å². The molecule has 0 saturated heterocycles. The third-order valence-corrected chi connectivity index (χ3v) is 3.20. The first kappa shape index (κ1) is 13.9. The van der Waals surface area contributed by atoms with Crippen LogP contribution >= 0.6 is 11.6 Å². The molecule has 0 aliphatic carbocycles. The fourth-order valence-electron chi connectivity index (χ4n) is 2.16. The van der Waals surface area contributed by atoms with Crippen LogP contribution in [0.2, 0.25) is 5.02 Å². The molecule has 0 atom stereocenters. The maximum absolute atomic E-state index is 13.4. The van der Waals surface area contributed by atoms with Gasteiger partial charge >= 0.3 is 0 Å². The molecular weight excluding hydrogens is 265 g/mol. The third-order valence-electron chi connectivity index (χ3n) is 2.99. The van der Waals surface area contributed by atoms with E-state index in [-0.39, 0.29) is 5.82 Å². The van der Waals surface area contributed by atoms with Crippen LogP contribution in [0.15, 0.2) is 18.2 Å². The minimum Gasteiger partial charge on any atom is -0.383 e. The highest BCUT2D eigenvalue weighted by Crippen LogP contribution is 2.29. The topological polar surface area (TPSA) is 43.8 Å². The monoisotopic (exact) mass is 281 g/mol. The summed E-state index contributed by atoms with van der Waals surface area (Å²) < 4.78 is 15.4. The van der Waals surface area contributed by atoms with Gasteiger partial charge in [0.05, 0.1) is 0 Å². The molecule has 0 unspecified atom stereocenters. The number of nitrogens with two attached hydrogens (primary N) is 1. The van der Waals surface area contributed by atoms with Crippen LogP contribution in [0.3, 0.4) is 0 Å². The Morgan fingerprint density at radius 3 is 2.63 bits per heavy atom. The van der Waals surface area contributed by atoms with Crippen LogP contribution in [0.4, 0.5) is 10.2 Å². The molecule has 0 saturated carbocycles. The molecule has 1 aromatic carbocycles. The molecule has 0 spiro atoms. The summed E-state index contributed by atoms with van der Waals surface area (Å²) in [6.45, 7) is 4.92. The predicted octanol–water partition coefficient (Wildman–Crippen LogP) is 3.90. The lowest BCUT2D eigenvalue weighted by Gasteiger charge is -2.06. The molecule has 0 bridgehead atoms. The lowest BCUT2D eigenvalue weighted by molar-refractivity contribution is 0.628. The number of nitrogens with zero attached hydrogens (tertiary/aromatic N) is 2. The van der Waals surface area contributed by atoms with Crippen molar-refractivity contribution in [1.82, 2.24) is 9.55 Å². The van der Waals surface area contributed by atoms with E-state index in [9.17, 15) is 4.39 Å². The summed E-state index contributed by atoms with van der Waals surface area (Å²) in [5, 5.41) is 0.345. The van der Waals surface area contributed by atoms with Crippen molar-refractivity contribution < 1.29 is 4.39 Å². The number of rotatable bonds is 4. The second-order valence-electron chi connectivity index (χ2n) is 4.43. The molecule has 0 fully saturated rings. The van der Waals surface area contributed by atoms with Gasteiger partial charge in [-0.15, -0.1) is 0 Å². The van der Waals surface area contributed by atoms with Gasteiger partial charge in [-0.1, -0.05) is 25.4 Å². The molecule has 0 radical (unpaired) electrons. The lowest BCUT2D eigenvalue weighted by atomic mass is 10.1. The number of aromatic nitrogens is 2. The van der Waals surface area contributed by atoms with Gasteiger partial charge in [-0.25, -0.2) is 9.37 Å². The van der Waals surface area contributed by atoms with Crippen molar-refractivity contribution in [2.45, 2.75) is 33.2 Å². The van der Waals surface area contributed by atoms with Crippen LogP contribution in [0.1, 0.15) is 26.1 Å². The summed E-state index contributed by atoms with van der Waals surface area (Å²) in [4.78, 5) is 4.51. The van der Waals surface area contributed by atoms with E-state index in [1.165, 1.54) is 12.1 Å². The van der Waals surface area contributed by atoms with Gasteiger partial charge in [0, 0.05) is 23.6 Å². The molecule has 102 valence electrons. The number of nitrogen functional groups attached to an aromatic ring is 1. The van der Waals surface area contributed by atoms with Crippen LogP contribution in [0, 0.1) is 5.82 Å². The molecule has 3 nitrogen and oxygen atoms in total. The zero-order valence-electron chi connectivity index (χ0n) is 11.1. The predicted molar refractivity (Wildman–Crippen MR) is 76.7 cm³/mol. The van der Waals surface area contributed by atoms with Gasteiger partial charge in [-0.05, 0) is 24.6 Å². The fourth-order valence-corrected chi connectivity index (χ4v) is 2.38. The van der Waals surface area contributed by atoms with Gasteiger partial charge in [-0.3, -0.25) is 0 Å². The van der Waals surface area contributed by atoms with E-state index in [2.05, 4.69) is 11.9 Å². The molecule has 0 aliphatic rings. The normalized spacial score (nSPS) is 10.9. The minimum atomic E-state index is -0.384. The van der Waals surface area contributed by atoms with Crippen LogP contribution < -0.4 is 5.73 Å². The van der Waals surface area contributed by atoms with Crippen molar-refractivity contribution in [2.75, 3.05) is 5.73 Å². The summed E-state index contributed by atoms with van der Waals surface area (Å²) in [7, 11) is 0. The number of imidazole rings is 1. The Bertz CT molecular complexity index is 572. The summed E-state index contributed by atoms with van der Waals surface area (Å²) in [6.07, 6.45) is 1.75. The largest absolute Gasteiger partial charge is 0.383 e. The van der Waals surface area contributed by atoms with Gasteiger partial charge < -0.3 is 10.3 Å². The van der Waals surface area contributed by atoms with Crippen molar-refractivity contribution in [3.63, 3.8) is 0 Å². The number of aryl methyl sites for hydroxylation is 1. The number of anilines is 1. The Morgan fingerprint density at radius 2 is 2.05 bits per heavy atom. The highest BCUT2D eigenvalue weighted by atomic mass is 35.5. The van der Waals surface area contributed by atoms with Crippen LogP contribution in [0.5, 0.6) is 0 Å². The average Bonchev–Trinajstić information content (AvgIpc) is 2.66. The van der Waals surface area contributed by atoms with Gasteiger partial charge in [0.1, 0.15) is 23.2 Å². The van der Waals surface area contributed by atoms with Crippen LogP contribution in [0.25, 0.3) is 11.3 Å². The number of hydrogen-bond donors (Lipinski definition) is 1. The highest BCUT2D eigenvalue weighted by Gasteiger charge is 2.15. The van der Waals surface area contributed by atoms with Gasteiger partial charge in [0.15, 0.2) is 0 Å². The van der Waals surface area contributed by atoms with Crippen LogP contribution in [-0.2, 0) is 13.0 Å². The molecule has 0 amide bonds. The van der Waals surface area contributed by atoms with E-state index >= 15 is 0 Å². The molecule has 19 heavy (non-hydrogen) atoms.